The van der Waals surface area contributed by atoms with Gasteiger partial charge < -0.3 is 5.73 Å². The summed E-state index contributed by atoms with van der Waals surface area (Å²) in [5.74, 6) is 0.277. The lowest BCUT2D eigenvalue weighted by atomic mass is 9.98. The zero-order valence-corrected chi connectivity index (χ0v) is 14.9. The third-order valence-corrected chi connectivity index (χ3v) is 4.42. The van der Waals surface area contributed by atoms with Gasteiger partial charge in [-0.05, 0) is 42.5 Å². The monoisotopic (exact) mass is 347 g/mol. The lowest BCUT2D eigenvalue weighted by Crippen LogP contribution is -2.21. The number of hydrogen-bond acceptors (Lipinski definition) is 4. The standard InChI is InChI=1S/C21H21N3O2/c1-14(25)16-6-4-8-18(12-16)17-7-3-5-15(11-17)9-10-19-13-20(26)24(2)21(22)23-19/h3-8,11-13H,9-10H2,1-2H3,(H2,22,23). The second kappa shape index (κ2) is 7.35. The Kier molecular flexibility index (Phi) is 4.98. The normalized spacial score (nSPS) is 10.7. The van der Waals surface area contributed by atoms with Crippen molar-refractivity contribution >= 4 is 11.7 Å². The van der Waals surface area contributed by atoms with Crippen LogP contribution in [0.25, 0.3) is 11.1 Å². The van der Waals surface area contributed by atoms with Gasteiger partial charge in [-0.25, -0.2) is 4.98 Å². The smallest absolute Gasteiger partial charge is 0.254 e. The first kappa shape index (κ1) is 17.6. The number of carbonyl (C=O) groups excluding carboxylic acids is 1. The average Bonchev–Trinajstić information content (AvgIpc) is 2.64. The maximum Gasteiger partial charge on any atom is 0.254 e. The molecule has 2 aromatic carbocycles. The van der Waals surface area contributed by atoms with E-state index in [9.17, 15) is 9.59 Å². The molecule has 0 saturated heterocycles. The maximum absolute atomic E-state index is 11.8. The van der Waals surface area contributed by atoms with Gasteiger partial charge in [0.1, 0.15) is 0 Å². The molecule has 0 aliphatic heterocycles. The maximum atomic E-state index is 11.8. The topological polar surface area (TPSA) is 78.0 Å². The average molecular weight is 347 g/mol. The lowest BCUT2D eigenvalue weighted by molar-refractivity contribution is 0.101. The van der Waals surface area contributed by atoms with Crippen molar-refractivity contribution in [2.45, 2.75) is 19.8 Å². The zero-order valence-electron chi connectivity index (χ0n) is 14.9. The number of nitrogen functional groups attached to an aromatic ring is 1. The van der Waals surface area contributed by atoms with Crippen LogP contribution in [0, 0.1) is 0 Å². The summed E-state index contributed by atoms with van der Waals surface area (Å²) in [7, 11) is 1.60. The van der Waals surface area contributed by atoms with E-state index in [0.29, 0.717) is 17.7 Å². The van der Waals surface area contributed by atoms with Gasteiger partial charge in [0.15, 0.2) is 5.78 Å². The number of rotatable bonds is 5. The van der Waals surface area contributed by atoms with Crippen LogP contribution >= 0.6 is 0 Å². The first-order chi connectivity index (χ1) is 12.4. The molecule has 0 unspecified atom stereocenters. The Morgan fingerprint density at radius 3 is 2.42 bits per heavy atom. The molecule has 0 aliphatic carbocycles. The summed E-state index contributed by atoms with van der Waals surface area (Å²) >= 11 is 0. The second-order valence-corrected chi connectivity index (χ2v) is 6.34. The molecule has 2 N–H and O–H groups in total. The van der Waals surface area contributed by atoms with E-state index < -0.39 is 0 Å². The van der Waals surface area contributed by atoms with Crippen LogP contribution in [0.1, 0.15) is 28.5 Å². The van der Waals surface area contributed by atoms with Crippen LogP contribution in [0.5, 0.6) is 0 Å². The molecule has 0 aliphatic rings. The third kappa shape index (κ3) is 3.88. The number of nitrogens with two attached hydrogens (primary N) is 1. The molecule has 5 heteroatoms. The summed E-state index contributed by atoms with van der Waals surface area (Å²) in [6.45, 7) is 1.57. The Bertz CT molecular complexity index is 1020. The van der Waals surface area contributed by atoms with Gasteiger partial charge in [0.05, 0.1) is 5.69 Å². The first-order valence-electron chi connectivity index (χ1n) is 8.47. The van der Waals surface area contributed by atoms with Crippen molar-refractivity contribution < 1.29 is 4.79 Å². The molecule has 0 saturated carbocycles. The van der Waals surface area contributed by atoms with Crippen molar-refractivity contribution in [2.24, 2.45) is 7.05 Å². The van der Waals surface area contributed by atoms with E-state index in [1.807, 2.05) is 42.5 Å². The van der Waals surface area contributed by atoms with Crippen LogP contribution in [-0.2, 0) is 19.9 Å². The molecule has 0 atom stereocenters. The Hall–Kier alpha value is -3.21. The molecular formula is C21H21N3O2. The number of ketones is 1. The molecule has 0 fully saturated rings. The SMILES string of the molecule is CC(=O)c1cccc(-c2cccc(CCc3cc(=O)n(C)c(N)n3)c2)c1. The van der Waals surface area contributed by atoms with E-state index in [2.05, 4.69) is 11.1 Å². The fraction of sp³-hybridized carbons (Fsp3) is 0.190. The van der Waals surface area contributed by atoms with Gasteiger partial charge in [-0.1, -0.05) is 42.5 Å². The fourth-order valence-corrected chi connectivity index (χ4v) is 2.83. The van der Waals surface area contributed by atoms with E-state index in [-0.39, 0.29) is 17.3 Å². The molecule has 0 amide bonds. The van der Waals surface area contributed by atoms with Gasteiger partial charge in [0, 0.05) is 18.7 Å². The zero-order chi connectivity index (χ0) is 18.7. The predicted molar refractivity (Wildman–Crippen MR) is 103 cm³/mol. The molecule has 1 heterocycles. The van der Waals surface area contributed by atoms with Crippen LogP contribution in [0.3, 0.4) is 0 Å². The van der Waals surface area contributed by atoms with E-state index in [4.69, 9.17) is 5.73 Å². The molecule has 0 bridgehead atoms. The first-order valence-corrected chi connectivity index (χ1v) is 8.47. The summed E-state index contributed by atoms with van der Waals surface area (Å²) in [4.78, 5) is 27.7. The van der Waals surface area contributed by atoms with Gasteiger partial charge in [-0.2, -0.15) is 0 Å². The summed E-state index contributed by atoms with van der Waals surface area (Å²) in [6, 6.07) is 17.3. The molecule has 3 rings (SSSR count). The molecule has 0 radical (unpaired) electrons. The second-order valence-electron chi connectivity index (χ2n) is 6.34. The minimum absolute atomic E-state index is 0.0531. The van der Waals surface area contributed by atoms with E-state index in [1.54, 1.807) is 14.0 Å². The highest BCUT2D eigenvalue weighted by atomic mass is 16.1. The lowest BCUT2D eigenvalue weighted by Gasteiger charge is -2.08. The van der Waals surface area contributed by atoms with Crippen LogP contribution in [0.15, 0.2) is 59.4 Å². The minimum Gasteiger partial charge on any atom is -0.369 e. The van der Waals surface area contributed by atoms with Crippen LogP contribution in [0.4, 0.5) is 5.95 Å². The van der Waals surface area contributed by atoms with Crippen LogP contribution < -0.4 is 11.3 Å². The Labute approximate surface area is 152 Å². The van der Waals surface area contributed by atoms with Crippen molar-refractivity contribution in [3.8, 4) is 11.1 Å². The largest absolute Gasteiger partial charge is 0.369 e. The molecule has 26 heavy (non-hydrogen) atoms. The number of hydrogen-bond donors (Lipinski definition) is 1. The van der Waals surface area contributed by atoms with Gasteiger partial charge >= 0.3 is 0 Å². The van der Waals surface area contributed by atoms with Crippen molar-refractivity contribution in [3.63, 3.8) is 0 Å². The van der Waals surface area contributed by atoms with Gasteiger partial charge in [0.25, 0.3) is 5.56 Å². The quantitative estimate of drug-likeness (QED) is 0.720. The molecule has 3 aromatic rings. The highest BCUT2D eigenvalue weighted by Crippen LogP contribution is 2.22. The Morgan fingerprint density at radius 1 is 1.04 bits per heavy atom. The number of Topliss-reactive ketones (excluding diaryl/α,β-unsaturated/α-hetero) is 1. The van der Waals surface area contributed by atoms with E-state index in [1.165, 1.54) is 10.6 Å². The number of nitrogens with zero attached hydrogens (tertiary/aromatic N) is 2. The van der Waals surface area contributed by atoms with Crippen LogP contribution in [0.2, 0.25) is 0 Å². The van der Waals surface area contributed by atoms with E-state index in [0.717, 1.165) is 23.1 Å². The van der Waals surface area contributed by atoms with Crippen molar-refractivity contribution in [1.29, 1.82) is 0 Å². The molecule has 0 spiro atoms. The summed E-state index contributed by atoms with van der Waals surface area (Å²) in [6.07, 6.45) is 1.39. The number of benzene rings is 2. The Balaban J connectivity index is 1.81. The summed E-state index contributed by atoms with van der Waals surface area (Å²) < 4.78 is 1.33. The van der Waals surface area contributed by atoms with Gasteiger partial charge in [-0.3, -0.25) is 14.2 Å². The number of aryl methyl sites for hydroxylation is 2. The molecule has 132 valence electrons. The van der Waals surface area contributed by atoms with Crippen LogP contribution in [-0.4, -0.2) is 15.3 Å². The molecule has 1 aromatic heterocycles. The van der Waals surface area contributed by atoms with Crippen molar-refractivity contribution in [2.75, 3.05) is 5.73 Å². The van der Waals surface area contributed by atoms with Crippen molar-refractivity contribution in [3.05, 3.63) is 81.8 Å². The van der Waals surface area contributed by atoms with Gasteiger partial charge in [-0.15, -0.1) is 0 Å². The minimum atomic E-state index is -0.151. The Morgan fingerprint density at radius 2 is 1.73 bits per heavy atom. The van der Waals surface area contributed by atoms with Gasteiger partial charge in [0.2, 0.25) is 5.95 Å². The summed E-state index contributed by atoms with van der Waals surface area (Å²) in [5.41, 5.74) is 10.2. The fourth-order valence-electron chi connectivity index (χ4n) is 2.83. The number of aromatic nitrogens is 2. The molecular weight excluding hydrogens is 326 g/mol. The number of anilines is 1. The number of carbonyl (C=O) groups is 1. The highest BCUT2D eigenvalue weighted by Gasteiger charge is 2.06. The molecule has 5 nitrogen and oxygen atoms in total. The predicted octanol–water partition coefficient (Wildman–Crippen LogP) is 3.02. The van der Waals surface area contributed by atoms with Crippen molar-refractivity contribution in [1.82, 2.24) is 9.55 Å². The summed E-state index contributed by atoms with van der Waals surface area (Å²) in [5, 5.41) is 0. The third-order valence-electron chi connectivity index (χ3n) is 4.42. The van der Waals surface area contributed by atoms with E-state index >= 15 is 0 Å². The highest BCUT2D eigenvalue weighted by molar-refractivity contribution is 5.95.